The highest BCUT2D eigenvalue weighted by molar-refractivity contribution is 5.87. The zero-order valence-corrected chi connectivity index (χ0v) is 17.4. The first-order chi connectivity index (χ1) is 14.5. The van der Waals surface area contributed by atoms with E-state index in [9.17, 15) is 39.9 Å². The van der Waals surface area contributed by atoms with Crippen molar-refractivity contribution < 1.29 is 39.9 Å². The second kappa shape index (κ2) is 12.3. The molecule has 1 aromatic rings. The summed E-state index contributed by atoms with van der Waals surface area (Å²) < 4.78 is 0. The highest BCUT2D eigenvalue weighted by atomic mass is 16.4. The molecule has 0 spiro atoms. The first-order valence-corrected chi connectivity index (χ1v) is 9.78. The number of carbonyl (C=O) groups excluding carboxylic acids is 2. The Morgan fingerprint density at radius 1 is 0.968 bits per heavy atom. The molecule has 11 heteroatoms. The van der Waals surface area contributed by atoms with Gasteiger partial charge < -0.3 is 41.9 Å². The van der Waals surface area contributed by atoms with Gasteiger partial charge in [0.05, 0.1) is 18.7 Å². The Kier molecular flexibility index (Phi) is 10.5. The van der Waals surface area contributed by atoms with E-state index in [2.05, 4.69) is 10.6 Å². The first-order valence-electron chi connectivity index (χ1n) is 9.78. The lowest BCUT2D eigenvalue weighted by Crippen LogP contribution is -2.58. The van der Waals surface area contributed by atoms with E-state index in [1.54, 1.807) is 18.2 Å². The van der Waals surface area contributed by atoms with Crippen LogP contribution in [0.15, 0.2) is 30.3 Å². The molecule has 31 heavy (non-hydrogen) atoms. The Bertz CT molecular complexity index is 730. The average Bonchev–Trinajstić information content (AvgIpc) is 2.73. The van der Waals surface area contributed by atoms with E-state index in [-0.39, 0.29) is 11.5 Å². The number of aliphatic carboxylic acids is 1. The standard InChI is InChI=1S/C20H31N3O8/c1-10(2)8-12(21)18(28)22-13(9-24)15(25)16(26)17(27)19(29)23-14(20(30)31)11-6-4-3-5-7-11/h3-7,10,12-17,24-27H,8-9,21H2,1-2H3,(H,22,28)(H,23,29)(H,30,31)/t12-,13-,14-,15+,16+,17-/m0/s1. The zero-order chi connectivity index (χ0) is 23.7. The predicted molar refractivity (Wildman–Crippen MR) is 109 cm³/mol. The number of aliphatic hydroxyl groups is 4. The van der Waals surface area contributed by atoms with E-state index >= 15 is 0 Å². The molecule has 1 rings (SSSR count). The summed E-state index contributed by atoms with van der Waals surface area (Å²) in [5, 5.41) is 53.7. The minimum atomic E-state index is -2.24. The Morgan fingerprint density at radius 3 is 2.03 bits per heavy atom. The van der Waals surface area contributed by atoms with E-state index in [0.717, 1.165) is 0 Å². The van der Waals surface area contributed by atoms with E-state index in [4.69, 9.17) is 5.73 Å². The summed E-state index contributed by atoms with van der Waals surface area (Å²) in [6, 6.07) is 3.82. The first kappa shape index (κ1) is 26.5. The van der Waals surface area contributed by atoms with E-state index in [0.29, 0.717) is 6.42 Å². The van der Waals surface area contributed by atoms with Crippen LogP contribution in [-0.4, -0.2) is 80.3 Å². The smallest absolute Gasteiger partial charge is 0.330 e. The van der Waals surface area contributed by atoms with Gasteiger partial charge in [0.25, 0.3) is 5.91 Å². The molecule has 1 aromatic carbocycles. The second-order valence-electron chi connectivity index (χ2n) is 7.65. The number of hydrogen-bond donors (Lipinski definition) is 8. The van der Waals surface area contributed by atoms with Crippen molar-refractivity contribution in [1.82, 2.24) is 10.6 Å². The number of carbonyl (C=O) groups is 3. The van der Waals surface area contributed by atoms with Crippen LogP contribution in [0.3, 0.4) is 0 Å². The number of carboxylic acid groups (broad SMARTS) is 1. The third kappa shape index (κ3) is 7.89. The fourth-order valence-electron chi connectivity index (χ4n) is 2.88. The van der Waals surface area contributed by atoms with Crippen molar-refractivity contribution in [3.05, 3.63) is 35.9 Å². The van der Waals surface area contributed by atoms with Crippen LogP contribution >= 0.6 is 0 Å². The van der Waals surface area contributed by atoms with E-state index in [1.807, 2.05) is 13.8 Å². The van der Waals surface area contributed by atoms with Crippen LogP contribution in [0.25, 0.3) is 0 Å². The number of nitrogens with two attached hydrogens (primary N) is 1. The second-order valence-corrected chi connectivity index (χ2v) is 7.65. The van der Waals surface area contributed by atoms with Gasteiger partial charge in [0.2, 0.25) is 5.91 Å². The van der Waals surface area contributed by atoms with Gasteiger partial charge in [0.1, 0.15) is 12.2 Å². The number of rotatable bonds is 12. The molecule has 0 saturated heterocycles. The van der Waals surface area contributed by atoms with E-state index in [1.165, 1.54) is 12.1 Å². The Labute approximate surface area is 179 Å². The third-order valence-electron chi connectivity index (χ3n) is 4.61. The molecule has 174 valence electrons. The third-order valence-corrected chi connectivity index (χ3v) is 4.61. The summed E-state index contributed by atoms with van der Waals surface area (Å²) in [5.41, 5.74) is 5.96. The van der Waals surface area contributed by atoms with E-state index < -0.39 is 60.8 Å². The fraction of sp³-hybridized carbons (Fsp3) is 0.550. The predicted octanol–water partition coefficient (Wildman–Crippen LogP) is -2.14. The molecule has 9 N–H and O–H groups in total. The molecule has 2 amide bonds. The molecule has 0 saturated carbocycles. The molecule has 0 unspecified atom stereocenters. The molecule has 0 bridgehead atoms. The normalized spacial score (nSPS) is 17.2. The van der Waals surface area contributed by atoms with Crippen molar-refractivity contribution in [2.45, 2.75) is 56.7 Å². The summed E-state index contributed by atoms with van der Waals surface area (Å²) in [7, 11) is 0. The fourth-order valence-corrected chi connectivity index (χ4v) is 2.88. The van der Waals surface area contributed by atoms with Crippen molar-refractivity contribution in [3.63, 3.8) is 0 Å². The largest absolute Gasteiger partial charge is 0.479 e. The quantitative estimate of drug-likeness (QED) is 0.178. The summed E-state index contributed by atoms with van der Waals surface area (Å²) in [6.07, 6.45) is -5.98. The number of aliphatic hydroxyl groups excluding tert-OH is 4. The van der Waals surface area contributed by atoms with Gasteiger partial charge in [0, 0.05) is 0 Å². The van der Waals surface area contributed by atoms with Crippen molar-refractivity contribution in [3.8, 4) is 0 Å². The highest BCUT2D eigenvalue weighted by Crippen LogP contribution is 2.14. The van der Waals surface area contributed by atoms with Gasteiger partial charge in [-0.15, -0.1) is 0 Å². The van der Waals surface area contributed by atoms with Gasteiger partial charge >= 0.3 is 5.97 Å². The number of benzene rings is 1. The molecular weight excluding hydrogens is 410 g/mol. The maximum Gasteiger partial charge on any atom is 0.330 e. The lowest BCUT2D eigenvalue weighted by molar-refractivity contribution is -0.149. The van der Waals surface area contributed by atoms with Crippen LogP contribution in [0.5, 0.6) is 0 Å². The number of carboxylic acids is 1. The van der Waals surface area contributed by atoms with Crippen molar-refractivity contribution in [2.24, 2.45) is 11.7 Å². The SMILES string of the molecule is CC(C)C[C@H](N)C(=O)N[C@@H](CO)[C@@H](O)[C@@H](O)[C@H](O)C(=O)N[C@H](C(=O)O)c1ccccc1. The van der Waals surface area contributed by atoms with Crippen LogP contribution in [-0.2, 0) is 14.4 Å². The van der Waals surface area contributed by atoms with Gasteiger partial charge in [-0.3, -0.25) is 9.59 Å². The zero-order valence-electron chi connectivity index (χ0n) is 17.4. The maximum atomic E-state index is 12.3. The molecule has 0 radical (unpaired) electrons. The summed E-state index contributed by atoms with van der Waals surface area (Å²) in [6.45, 7) is 2.89. The number of nitrogens with one attached hydrogen (secondary N) is 2. The summed E-state index contributed by atoms with van der Waals surface area (Å²) in [5.74, 6) is -3.24. The van der Waals surface area contributed by atoms with Crippen molar-refractivity contribution in [1.29, 1.82) is 0 Å². The maximum absolute atomic E-state index is 12.3. The molecule has 0 aliphatic rings. The number of amides is 2. The lowest BCUT2D eigenvalue weighted by Gasteiger charge is -2.30. The van der Waals surface area contributed by atoms with Crippen LogP contribution < -0.4 is 16.4 Å². The lowest BCUT2D eigenvalue weighted by atomic mass is 9.98. The van der Waals surface area contributed by atoms with Crippen LogP contribution in [0.1, 0.15) is 31.9 Å². The molecule has 0 fully saturated rings. The molecule has 0 aliphatic carbocycles. The molecular formula is C20H31N3O8. The van der Waals surface area contributed by atoms with Crippen molar-refractivity contribution >= 4 is 17.8 Å². The van der Waals surface area contributed by atoms with Gasteiger partial charge in [0.15, 0.2) is 12.1 Å². The van der Waals surface area contributed by atoms with Gasteiger partial charge in [-0.1, -0.05) is 44.2 Å². The van der Waals surface area contributed by atoms with Gasteiger partial charge in [-0.2, -0.15) is 0 Å². The molecule has 6 atom stereocenters. The summed E-state index contributed by atoms with van der Waals surface area (Å²) in [4.78, 5) is 35.9. The molecule has 11 nitrogen and oxygen atoms in total. The molecule has 0 aliphatic heterocycles. The van der Waals surface area contributed by atoms with Crippen LogP contribution in [0.4, 0.5) is 0 Å². The minimum absolute atomic E-state index is 0.112. The molecule has 0 heterocycles. The minimum Gasteiger partial charge on any atom is -0.479 e. The Hall–Kier alpha value is -2.57. The van der Waals surface area contributed by atoms with Crippen LogP contribution in [0.2, 0.25) is 0 Å². The summed E-state index contributed by atoms with van der Waals surface area (Å²) >= 11 is 0. The topological polar surface area (TPSA) is 202 Å². The average molecular weight is 441 g/mol. The Morgan fingerprint density at radius 2 is 1.55 bits per heavy atom. The Balaban J connectivity index is 2.81. The highest BCUT2D eigenvalue weighted by Gasteiger charge is 2.37. The monoisotopic (exact) mass is 441 g/mol. The van der Waals surface area contributed by atoms with Gasteiger partial charge in [-0.05, 0) is 17.9 Å². The van der Waals surface area contributed by atoms with Crippen LogP contribution in [0, 0.1) is 5.92 Å². The van der Waals surface area contributed by atoms with Crippen molar-refractivity contribution in [2.75, 3.05) is 6.61 Å². The number of hydrogen-bond acceptors (Lipinski definition) is 8. The molecule has 0 aromatic heterocycles. The van der Waals surface area contributed by atoms with Gasteiger partial charge in [-0.25, -0.2) is 4.79 Å².